The maximum Gasteiger partial charge on any atom is 0.326 e. The van der Waals surface area contributed by atoms with Crippen molar-refractivity contribution in [3.05, 3.63) is 142 Å². The summed E-state index contributed by atoms with van der Waals surface area (Å²) in [5.41, 5.74) is 3.35. The molecule has 0 unspecified atom stereocenters. The Morgan fingerprint density at radius 2 is 1.46 bits per heavy atom. The maximum absolute atomic E-state index is 13.4. The van der Waals surface area contributed by atoms with Crippen LogP contribution in [0.25, 0.3) is 11.1 Å². The smallest absolute Gasteiger partial charge is 0.326 e. The number of carboxylic acid groups (broad SMARTS) is 1. The Bertz CT molecular complexity index is 1950. The summed E-state index contributed by atoms with van der Waals surface area (Å²) in [6, 6.07) is 34.5. The quantitative estimate of drug-likeness (QED) is 0.140. The molecule has 0 bridgehead atoms. The van der Waals surface area contributed by atoms with Crippen LogP contribution in [0.3, 0.4) is 0 Å². The van der Waals surface area contributed by atoms with Crippen LogP contribution in [0.2, 0.25) is 0 Å². The Hall–Kier alpha value is -4.93. The lowest BCUT2D eigenvalue weighted by Gasteiger charge is -2.17. The van der Waals surface area contributed by atoms with E-state index in [1.165, 1.54) is 12.1 Å². The Balaban J connectivity index is 1.28. The second-order valence-corrected chi connectivity index (χ2v) is 13.5. The molecule has 8 nitrogen and oxygen atoms in total. The molecule has 0 heterocycles. The fourth-order valence-corrected chi connectivity index (χ4v) is 5.69. The second kappa shape index (κ2) is 14.4. The van der Waals surface area contributed by atoms with Gasteiger partial charge in [0.1, 0.15) is 29.9 Å². The first kappa shape index (κ1) is 32.5. The summed E-state index contributed by atoms with van der Waals surface area (Å²) in [6.45, 7) is 0.0696. The molecule has 5 rings (SSSR count). The van der Waals surface area contributed by atoms with Gasteiger partial charge in [-0.25, -0.2) is 13.2 Å². The van der Waals surface area contributed by atoms with Gasteiger partial charge in [0.2, 0.25) is 0 Å². The van der Waals surface area contributed by atoms with Crippen LogP contribution in [0.4, 0.5) is 0 Å². The fraction of sp³-hybridized carbons (Fsp3) is 0.111. The first-order valence-electron chi connectivity index (χ1n) is 14.2. The van der Waals surface area contributed by atoms with Crippen molar-refractivity contribution >= 4 is 37.6 Å². The number of rotatable bonds is 12. The van der Waals surface area contributed by atoms with E-state index >= 15 is 0 Å². The Kier molecular flexibility index (Phi) is 10.2. The molecule has 0 aliphatic rings. The van der Waals surface area contributed by atoms with E-state index in [0.717, 1.165) is 22.9 Å². The van der Waals surface area contributed by atoms with Gasteiger partial charge in [-0.15, -0.1) is 0 Å². The molecule has 0 fully saturated rings. The van der Waals surface area contributed by atoms with Crippen LogP contribution in [0.5, 0.6) is 17.2 Å². The van der Waals surface area contributed by atoms with Crippen molar-refractivity contribution in [2.45, 2.75) is 24.0 Å². The van der Waals surface area contributed by atoms with Gasteiger partial charge in [-0.1, -0.05) is 88.7 Å². The van der Waals surface area contributed by atoms with Crippen LogP contribution < -0.4 is 14.8 Å². The highest BCUT2D eigenvalue weighted by Gasteiger charge is 2.24. The molecule has 5 aromatic carbocycles. The number of hydrogen-bond acceptors (Lipinski definition) is 6. The molecule has 234 valence electrons. The number of nitrogens with one attached hydrogen (secondary N) is 1. The number of carbonyl (C=O) groups excluding carboxylic acids is 1. The summed E-state index contributed by atoms with van der Waals surface area (Å²) in [7, 11) is -3.33. The summed E-state index contributed by atoms with van der Waals surface area (Å²) in [4.78, 5) is 25.8. The summed E-state index contributed by atoms with van der Waals surface area (Å²) >= 11 is 3.37. The third-order valence-electron chi connectivity index (χ3n) is 7.10. The predicted molar refractivity (Wildman–Crippen MR) is 179 cm³/mol. The molecule has 0 saturated heterocycles. The minimum absolute atomic E-state index is 0.0559. The monoisotopic (exact) mass is 699 g/mol. The van der Waals surface area contributed by atoms with Crippen LogP contribution in [-0.2, 0) is 27.7 Å². The Morgan fingerprint density at radius 3 is 2.13 bits per heavy atom. The molecule has 2 N–H and O–H groups in total. The zero-order valence-corrected chi connectivity index (χ0v) is 27.1. The number of hydrogen-bond donors (Lipinski definition) is 2. The van der Waals surface area contributed by atoms with Gasteiger partial charge in [-0.2, -0.15) is 0 Å². The summed E-state index contributed by atoms with van der Waals surface area (Å²) in [5.74, 6) is -0.135. The van der Waals surface area contributed by atoms with Gasteiger partial charge >= 0.3 is 5.97 Å². The van der Waals surface area contributed by atoms with Gasteiger partial charge in [-0.3, -0.25) is 4.79 Å². The van der Waals surface area contributed by atoms with E-state index in [1.54, 1.807) is 30.3 Å². The van der Waals surface area contributed by atoms with E-state index in [9.17, 15) is 23.1 Å². The van der Waals surface area contributed by atoms with Crippen LogP contribution >= 0.6 is 15.9 Å². The largest absolute Gasteiger partial charge is 0.488 e. The van der Waals surface area contributed by atoms with Crippen LogP contribution in [0.1, 0.15) is 21.5 Å². The molecular weight excluding hydrogens is 670 g/mol. The van der Waals surface area contributed by atoms with Gasteiger partial charge in [-0.05, 0) is 65.2 Å². The number of sulfone groups is 1. The van der Waals surface area contributed by atoms with Crippen molar-refractivity contribution in [3.8, 4) is 28.4 Å². The van der Waals surface area contributed by atoms with E-state index in [2.05, 4.69) is 21.2 Å². The molecule has 0 radical (unpaired) electrons. The number of para-hydroxylation sites is 2. The zero-order chi connectivity index (χ0) is 32.7. The number of ether oxygens (including phenoxy) is 2. The van der Waals surface area contributed by atoms with Crippen LogP contribution in [0, 0.1) is 0 Å². The van der Waals surface area contributed by atoms with E-state index in [-0.39, 0.29) is 29.2 Å². The molecule has 10 heteroatoms. The average molecular weight is 701 g/mol. The molecule has 1 amide bonds. The topological polar surface area (TPSA) is 119 Å². The zero-order valence-electron chi connectivity index (χ0n) is 24.7. The predicted octanol–water partition coefficient (Wildman–Crippen LogP) is 7.32. The van der Waals surface area contributed by atoms with Gasteiger partial charge in [0.25, 0.3) is 5.91 Å². The van der Waals surface area contributed by atoms with Crippen molar-refractivity contribution in [1.82, 2.24) is 5.32 Å². The first-order valence-corrected chi connectivity index (χ1v) is 16.9. The molecule has 5 aromatic rings. The summed E-state index contributed by atoms with van der Waals surface area (Å²) in [6.07, 6.45) is 1.19. The molecule has 0 aromatic heterocycles. The Morgan fingerprint density at radius 1 is 0.804 bits per heavy atom. The molecule has 46 heavy (non-hydrogen) atoms. The molecule has 0 spiro atoms. The van der Waals surface area contributed by atoms with Gasteiger partial charge in [0.05, 0.1) is 10.5 Å². The molecule has 0 saturated carbocycles. The number of carboxylic acids is 1. The highest BCUT2D eigenvalue weighted by atomic mass is 79.9. The average Bonchev–Trinajstić information content (AvgIpc) is 3.04. The van der Waals surface area contributed by atoms with E-state index < -0.39 is 27.8 Å². The molecular formula is C36H30BrNO7S. The van der Waals surface area contributed by atoms with Crippen molar-refractivity contribution in [1.29, 1.82) is 0 Å². The SMILES string of the molecule is CS(=O)(=O)c1ccc(COc2ccc(Br)cc2C(=O)N[C@@H](Cc2ccc(-c3ccccc3Oc3ccccc3)cc2)C(=O)O)cc1. The standard InChI is InChI=1S/C36H30BrNO7S/c1-46(42,43)29-18-13-25(14-19-29)23-44-33-20-17-27(37)22-31(33)35(39)38-32(36(40)41)21-24-11-15-26(16-12-24)30-9-5-6-10-34(30)45-28-7-3-2-4-8-28/h2-20,22,32H,21,23H2,1H3,(H,38,39)(H,40,41)/t32-/m0/s1. The maximum atomic E-state index is 13.4. The minimum Gasteiger partial charge on any atom is -0.488 e. The third kappa shape index (κ3) is 8.41. The summed E-state index contributed by atoms with van der Waals surface area (Å²) < 4.78 is 36.1. The Labute approximate surface area is 275 Å². The second-order valence-electron chi connectivity index (χ2n) is 10.5. The molecule has 1 atom stereocenters. The highest BCUT2D eigenvalue weighted by Crippen LogP contribution is 2.33. The molecule has 0 aliphatic heterocycles. The summed E-state index contributed by atoms with van der Waals surface area (Å²) in [5, 5.41) is 12.6. The number of benzene rings is 5. The third-order valence-corrected chi connectivity index (χ3v) is 8.72. The van der Waals surface area contributed by atoms with E-state index in [4.69, 9.17) is 9.47 Å². The number of halogens is 1. The lowest BCUT2D eigenvalue weighted by molar-refractivity contribution is -0.139. The minimum atomic E-state index is -3.33. The fourth-order valence-electron chi connectivity index (χ4n) is 4.70. The van der Waals surface area contributed by atoms with Crippen molar-refractivity contribution in [3.63, 3.8) is 0 Å². The lowest BCUT2D eigenvalue weighted by Crippen LogP contribution is -2.42. The van der Waals surface area contributed by atoms with E-state index in [1.807, 2.05) is 78.9 Å². The van der Waals surface area contributed by atoms with Crippen molar-refractivity contribution < 1.29 is 32.6 Å². The van der Waals surface area contributed by atoms with Crippen molar-refractivity contribution in [2.24, 2.45) is 0 Å². The lowest BCUT2D eigenvalue weighted by atomic mass is 9.99. The number of aliphatic carboxylic acids is 1. The number of carbonyl (C=O) groups is 2. The van der Waals surface area contributed by atoms with E-state index in [0.29, 0.717) is 21.5 Å². The number of amides is 1. The van der Waals surface area contributed by atoms with Crippen molar-refractivity contribution in [2.75, 3.05) is 6.26 Å². The van der Waals surface area contributed by atoms with Crippen LogP contribution in [-0.4, -0.2) is 37.7 Å². The molecule has 0 aliphatic carbocycles. The normalized spacial score (nSPS) is 11.8. The van der Waals surface area contributed by atoms with Crippen LogP contribution in [0.15, 0.2) is 131 Å². The van der Waals surface area contributed by atoms with Gasteiger partial charge in [0, 0.05) is 22.7 Å². The van der Waals surface area contributed by atoms with Gasteiger partial charge in [0.15, 0.2) is 9.84 Å². The van der Waals surface area contributed by atoms with Gasteiger partial charge < -0.3 is 19.9 Å². The first-order chi connectivity index (χ1) is 22.1. The highest BCUT2D eigenvalue weighted by molar-refractivity contribution is 9.10.